The van der Waals surface area contributed by atoms with E-state index in [1.807, 2.05) is 54.6 Å². The summed E-state index contributed by atoms with van der Waals surface area (Å²) >= 11 is 3.45. The van der Waals surface area contributed by atoms with Crippen molar-refractivity contribution in [1.29, 1.82) is 0 Å². The maximum atomic E-state index is 13.0. The number of aliphatic hydroxyl groups is 2. The first-order valence-electron chi connectivity index (χ1n) is 9.58. The third kappa shape index (κ3) is 4.40. The average molecular weight is 448 g/mol. The molecule has 2 aromatic rings. The van der Waals surface area contributed by atoms with E-state index >= 15 is 0 Å². The Labute approximate surface area is 174 Å². The van der Waals surface area contributed by atoms with Gasteiger partial charge in [0.1, 0.15) is 5.60 Å². The van der Waals surface area contributed by atoms with Gasteiger partial charge in [-0.15, -0.1) is 0 Å². The number of benzene rings is 2. The topological polar surface area (TPSA) is 70.0 Å². The lowest BCUT2D eigenvalue weighted by molar-refractivity contribution is -0.0905. The van der Waals surface area contributed by atoms with Crippen LogP contribution in [0.1, 0.15) is 43.4 Å². The number of amides is 1. The first-order chi connectivity index (χ1) is 13.5. The van der Waals surface area contributed by atoms with Crippen LogP contribution in [-0.4, -0.2) is 40.5 Å². The molecular weight excluding hydrogens is 422 g/mol. The summed E-state index contributed by atoms with van der Waals surface area (Å²) in [6.45, 7) is 2.20. The summed E-state index contributed by atoms with van der Waals surface area (Å²) in [4.78, 5) is 14.8. The van der Waals surface area contributed by atoms with Gasteiger partial charge in [0.05, 0.1) is 18.8 Å². The Kier molecular flexibility index (Phi) is 6.75. The summed E-state index contributed by atoms with van der Waals surface area (Å²) in [6.07, 6.45) is 0.145. The molecule has 1 heterocycles. The zero-order valence-electron chi connectivity index (χ0n) is 15.9. The lowest BCUT2D eigenvalue weighted by Gasteiger charge is -2.44. The van der Waals surface area contributed by atoms with Crippen LogP contribution in [-0.2, 0) is 10.3 Å². The molecule has 0 spiro atoms. The molecule has 1 fully saturated rings. The minimum atomic E-state index is -0.951. The third-order valence-corrected chi connectivity index (χ3v) is 5.90. The number of hydrogen-bond acceptors (Lipinski definition) is 4. The van der Waals surface area contributed by atoms with E-state index in [0.29, 0.717) is 13.0 Å². The van der Waals surface area contributed by atoms with Gasteiger partial charge >= 0.3 is 6.09 Å². The van der Waals surface area contributed by atoms with Gasteiger partial charge in [-0.05, 0) is 29.7 Å². The van der Waals surface area contributed by atoms with Crippen LogP contribution in [0.3, 0.4) is 0 Å². The lowest BCUT2D eigenvalue weighted by Crippen LogP contribution is -2.50. The zero-order chi connectivity index (χ0) is 20.1. The molecule has 6 heteroatoms. The van der Waals surface area contributed by atoms with Crippen molar-refractivity contribution in [3.63, 3.8) is 0 Å². The highest BCUT2D eigenvalue weighted by Crippen LogP contribution is 2.41. The van der Waals surface area contributed by atoms with E-state index in [1.165, 1.54) is 0 Å². The Morgan fingerprint density at radius 3 is 2.43 bits per heavy atom. The van der Waals surface area contributed by atoms with Crippen LogP contribution in [0.25, 0.3) is 0 Å². The smallest absolute Gasteiger partial charge is 0.411 e. The van der Waals surface area contributed by atoms with E-state index < -0.39 is 17.8 Å². The van der Waals surface area contributed by atoms with E-state index in [-0.39, 0.29) is 19.1 Å². The highest BCUT2D eigenvalue weighted by molar-refractivity contribution is 9.10. The molecular formula is C22H26BrNO4. The number of aliphatic hydroxyl groups excluding tert-OH is 2. The van der Waals surface area contributed by atoms with Gasteiger partial charge in [-0.1, -0.05) is 65.3 Å². The summed E-state index contributed by atoms with van der Waals surface area (Å²) in [5.74, 6) is 0. The summed E-state index contributed by atoms with van der Waals surface area (Å²) in [5, 5.41) is 19.4. The van der Waals surface area contributed by atoms with Crippen LogP contribution >= 0.6 is 15.9 Å². The van der Waals surface area contributed by atoms with Gasteiger partial charge in [0, 0.05) is 23.9 Å². The van der Waals surface area contributed by atoms with Crippen molar-refractivity contribution in [3.8, 4) is 0 Å². The predicted octanol–water partition coefficient (Wildman–Crippen LogP) is 4.38. The Balaban J connectivity index is 1.86. The van der Waals surface area contributed by atoms with Crippen molar-refractivity contribution in [2.45, 2.75) is 43.9 Å². The number of cyclic esters (lactones) is 1. The quantitative estimate of drug-likeness (QED) is 0.660. The summed E-state index contributed by atoms with van der Waals surface area (Å²) in [6, 6.07) is 17.4. The largest absolute Gasteiger partial charge is 0.438 e. The number of nitrogens with zero attached hydrogens (tertiary/aromatic N) is 1. The fourth-order valence-electron chi connectivity index (χ4n) is 3.93. The zero-order valence-corrected chi connectivity index (χ0v) is 17.5. The Bertz CT molecular complexity index is 783. The number of carbonyl (C=O) groups is 1. The fraction of sp³-hybridized carbons (Fsp3) is 0.409. The number of halogens is 1. The van der Waals surface area contributed by atoms with Gasteiger partial charge in [-0.25, -0.2) is 4.79 Å². The number of ether oxygens (including phenoxy) is 1. The molecule has 1 saturated heterocycles. The molecule has 150 valence electrons. The minimum absolute atomic E-state index is 0.0721. The molecule has 0 radical (unpaired) electrons. The van der Waals surface area contributed by atoms with Crippen molar-refractivity contribution in [1.82, 2.24) is 4.90 Å². The highest BCUT2D eigenvalue weighted by Gasteiger charge is 2.45. The summed E-state index contributed by atoms with van der Waals surface area (Å²) < 4.78 is 6.97. The Morgan fingerprint density at radius 2 is 1.86 bits per heavy atom. The normalized spacial score (nSPS) is 21.9. The molecule has 0 saturated carbocycles. The van der Waals surface area contributed by atoms with E-state index in [0.717, 1.165) is 22.0 Å². The van der Waals surface area contributed by atoms with Crippen molar-refractivity contribution in [3.05, 3.63) is 70.2 Å². The standard InChI is InChI=1S/C22H26BrNO4/c1-2-20(16-8-10-18(23)11-9-16)24-13-12-22(28-21(24)27,14-19(26)15-25)17-6-4-3-5-7-17/h3-11,19-20,25-26H,2,12-15H2,1H3/t19-,20-,22-/m0/s1. The molecule has 0 bridgehead atoms. The Hall–Kier alpha value is -1.89. The average Bonchev–Trinajstić information content (AvgIpc) is 2.72. The van der Waals surface area contributed by atoms with E-state index in [1.54, 1.807) is 4.90 Å². The van der Waals surface area contributed by atoms with Gasteiger partial charge in [0.15, 0.2) is 0 Å². The molecule has 2 N–H and O–H groups in total. The van der Waals surface area contributed by atoms with Crippen molar-refractivity contribution in [2.75, 3.05) is 13.2 Å². The van der Waals surface area contributed by atoms with Crippen LogP contribution in [0.15, 0.2) is 59.1 Å². The van der Waals surface area contributed by atoms with E-state index in [2.05, 4.69) is 22.9 Å². The van der Waals surface area contributed by atoms with Crippen molar-refractivity contribution >= 4 is 22.0 Å². The molecule has 2 aromatic carbocycles. The van der Waals surface area contributed by atoms with Crippen LogP contribution in [0.2, 0.25) is 0 Å². The van der Waals surface area contributed by atoms with Crippen LogP contribution in [0.5, 0.6) is 0 Å². The monoisotopic (exact) mass is 447 g/mol. The van der Waals surface area contributed by atoms with Crippen molar-refractivity contribution in [2.24, 2.45) is 0 Å². The van der Waals surface area contributed by atoms with Gasteiger partial charge in [-0.2, -0.15) is 0 Å². The molecule has 0 aromatic heterocycles. The molecule has 1 aliphatic rings. The molecule has 0 aliphatic carbocycles. The second kappa shape index (κ2) is 9.07. The summed E-state index contributed by atoms with van der Waals surface area (Å²) in [7, 11) is 0. The van der Waals surface area contributed by atoms with Gasteiger partial charge in [-0.3, -0.25) is 0 Å². The van der Waals surface area contributed by atoms with Crippen LogP contribution < -0.4 is 0 Å². The first kappa shape index (κ1) is 20.8. The maximum Gasteiger partial charge on any atom is 0.411 e. The molecule has 0 unspecified atom stereocenters. The lowest BCUT2D eigenvalue weighted by atomic mass is 9.83. The fourth-order valence-corrected chi connectivity index (χ4v) is 4.19. The van der Waals surface area contributed by atoms with Gasteiger partial charge in [0.2, 0.25) is 0 Å². The molecule has 28 heavy (non-hydrogen) atoms. The molecule has 1 amide bonds. The number of hydrogen-bond donors (Lipinski definition) is 2. The predicted molar refractivity (Wildman–Crippen MR) is 111 cm³/mol. The highest BCUT2D eigenvalue weighted by atomic mass is 79.9. The SMILES string of the molecule is CC[C@@H](c1ccc(Br)cc1)N1CC[C@](C[C@H](O)CO)(c2ccccc2)OC1=O. The second-order valence-corrected chi connectivity index (χ2v) is 8.10. The maximum absolute atomic E-state index is 13.0. The first-order valence-corrected chi connectivity index (χ1v) is 10.4. The van der Waals surface area contributed by atoms with E-state index in [4.69, 9.17) is 4.74 Å². The molecule has 3 atom stereocenters. The van der Waals surface area contributed by atoms with Gasteiger partial charge < -0.3 is 19.8 Å². The minimum Gasteiger partial charge on any atom is -0.438 e. The number of rotatable bonds is 7. The second-order valence-electron chi connectivity index (χ2n) is 7.19. The van der Waals surface area contributed by atoms with Crippen LogP contribution in [0.4, 0.5) is 4.79 Å². The van der Waals surface area contributed by atoms with E-state index in [9.17, 15) is 15.0 Å². The number of carbonyl (C=O) groups excluding carboxylic acids is 1. The van der Waals surface area contributed by atoms with Crippen LogP contribution in [0, 0.1) is 0 Å². The van der Waals surface area contributed by atoms with Gasteiger partial charge in [0.25, 0.3) is 0 Å². The molecule has 5 nitrogen and oxygen atoms in total. The Morgan fingerprint density at radius 1 is 1.18 bits per heavy atom. The third-order valence-electron chi connectivity index (χ3n) is 5.37. The van der Waals surface area contributed by atoms with Crippen molar-refractivity contribution < 1.29 is 19.7 Å². The summed E-state index contributed by atoms with van der Waals surface area (Å²) in [5.41, 5.74) is 0.965. The molecule has 1 aliphatic heterocycles. The molecule has 3 rings (SSSR count).